The maximum Gasteiger partial charge on any atom is 0.160 e. The smallest absolute Gasteiger partial charge is 0.160 e. The lowest BCUT2D eigenvalue weighted by atomic mass is 9.85. The second-order valence-corrected chi connectivity index (χ2v) is 10.2. The highest BCUT2D eigenvalue weighted by atomic mass is 16.5. The summed E-state index contributed by atoms with van der Waals surface area (Å²) in [5.74, 6) is 2.75. The van der Waals surface area contributed by atoms with Gasteiger partial charge in [-0.15, -0.1) is 0 Å². The number of unbranched alkanes of at least 4 members (excludes halogenated alkanes) is 1. The Labute approximate surface area is 185 Å². The molecule has 0 amide bonds. The van der Waals surface area contributed by atoms with Gasteiger partial charge in [0.15, 0.2) is 11.5 Å². The van der Waals surface area contributed by atoms with Gasteiger partial charge in [0, 0.05) is 5.54 Å². The average molecular weight is 422 g/mol. The third kappa shape index (κ3) is 11.2. The number of phenolic OH excluding ortho intramolecular Hbond substituents is 1. The van der Waals surface area contributed by atoms with Gasteiger partial charge >= 0.3 is 0 Å². The minimum Gasteiger partial charge on any atom is -0.504 e. The minimum absolute atomic E-state index is 0.0191. The lowest BCUT2D eigenvalue weighted by Crippen LogP contribution is -2.45. The lowest BCUT2D eigenvalue weighted by Gasteiger charge is -2.29. The van der Waals surface area contributed by atoms with E-state index in [0.29, 0.717) is 24.7 Å². The fraction of sp³-hybridized carbons (Fsp3) is 0.769. The summed E-state index contributed by atoms with van der Waals surface area (Å²) in [6, 6.07) is 5.59. The van der Waals surface area contributed by atoms with Gasteiger partial charge in [-0.3, -0.25) is 0 Å². The highest BCUT2D eigenvalue weighted by molar-refractivity contribution is 5.41. The summed E-state index contributed by atoms with van der Waals surface area (Å²) in [6.07, 6.45) is 9.60. The van der Waals surface area contributed by atoms with E-state index in [2.05, 4.69) is 34.6 Å². The van der Waals surface area contributed by atoms with E-state index in [4.69, 9.17) is 10.5 Å². The summed E-state index contributed by atoms with van der Waals surface area (Å²) in [6.45, 7) is 11.8. The van der Waals surface area contributed by atoms with E-state index in [1.54, 1.807) is 6.07 Å². The van der Waals surface area contributed by atoms with Gasteiger partial charge in [-0.1, -0.05) is 66.4 Å². The molecular weight excluding hydrogens is 374 g/mol. The molecule has 0 spiro atoms. The molecule has 0 saturated carbocycles. The van der Waals surface area contributed by atoms with E-state index in [1.165, 1.54) is 25.7 Å². The van der Waals surface area contributed by atoms with Crippen molar-refractivity contribution in [2.75, 3.05) is 13.2 Å². The van der Waals surface area contributed by atoms with Crippen LogP contribution in [0.5, 0.6) is 11.5 Å². The molecule has 1 aromatic carbocycles. The van der Waals surface area contributed by atoms with E-state index >= 15 is 0 Å². The van der Waals surface area contributed by atoms with Crippen LogP contribution in [0.4, 0.5) is 0 Å². The third-order valence-electron chi connectivity index (χ3n) is 5.89. The number of aliphatic hydroxyl groups excluding tert-OH is 1. The molecule has 2 atom stereocenters. The fourth-order valence-electron chi connectivity index (χ4n) is 4.09. The predicted molar refractivity (Wildman–Crippen MR) is 127 cm³/mol. The van der Waals surface area contributed by atoms with E-state index in [0.717, 1.165) is 43.1 Å². The monoisotopic (exact) mass is 421 g/mol. The molecular formula is C26H47NO3. The summed E-state index contributed by atoms with van der Waals surface area (Å²) >= 11 is 0. The second-order valence-electron chi connectivity index (χ2n) is 10.2. The predicted octanol–water partition coefficient (Wildman–Crippen LogP) is 6.07. The first-order valence-corrected chi connectivity index (χ1v) is 12.0. The van der Waals surface area contributed by atoms with Gasteiger partial charge < -0.3 is 20.7 Å². The van der Waals surface area contributed by atoms with Crippen molar-refractivity contribution >= 4 is 0 Å². The van der Waals surface area contributed by atoms with E-state index in [9.17, 15) is 10.2 Å². The number of aromatic hydroxyl groups is 1. The quantitative estimate of drug-likeness (QED) is 0.283. The van der Waals surface area contributed by atoms with Crippen molar-refractivity contribution in [2.45, 2.75) is 97.9 Å². The Hall–Kier alpha value is -1.26. The molecule has 0 bridgehead atoms. The van der Waals surface area contributed by atoms with Gasteiger partial charge in [0.05, 0.1) is 13.2 Å². The zero-order valence-electron chi connectivity index (χ0n) is 20.1. The van der Waals surface area contributed by atoms with Gasteiger partial charge in [0.2, 0.25) is 0 Å². The van der Waals surface area contributed by atoms with Gasteiger partial charge in [0.1, 0.15) is 0 Å². The Morgan fingerprint density at radius 3 is 2.27 bits per heavy atom. The lowest BCUT2D eigenvalue weighted by molar-refractivity contribution is 0.165. The van der Waals surface area contributed by atoms with E-state index in [-0.39, 0.29) is 12.4 Å². The molecule has 4 heteroatoms. The van der Waals surface area contributed by atoms with Crippen LogP contribution in [-0.2, 0) is 6.42 Å². The SMILES string of the molecule is CC(C)CCCC(C)CCCCOc1ccc(CC[C@@](N)(CO)CC(C)C)cc1O. The molecule has 174 valence electrons. The molecule has 0 aromatic heterocycles. The standard InChI is InChI=1S/C26H47NO3/c1-20(2)9-8-11-22(5)10-6-7-16-30-25-13-12-23(17-24(25)29)14-15-26(27,19-28)18-21(3)4/h12-13,17,20-22,28-29H,6-11,14-16,18-19,27H2,1-5H3/t22?,26-/m0/s1. The van der Waals surface area contributed by atoms with Gasteiger partial charge in [0.25, 0.3) is 0 Å². The van der Waals surface area contributed by atoms with Crippen LogP contribution in [0.3, 0.4) is 0 Å². The molecule has 0 aliphatic carbocycles. The van der Waals surface area contributed by atoms with Crippen LogP contribution in [0.15, 0.2) is 18.2 Å². The topological polar surface area (TPSA) is 75.7 Å². The summed E-state index contributed by atoms with van der Waals surface area (Å²) < 4.78 is 5.79. The van der Waals surface area contributed by atoms with Gasteiger partial charge in [-0.05, 0) is 67.6 Å². The first kappa shape index (κ1) is 26.8. The Morgan fingerprint density at radius 2 is 1.67 bits per heavy atom. The Balaban J connectivity index is 2.33. The largest absolute Gasteiger partial charge is 0.504 e. The van der Waals surface area contributed by atoms with Crippen LogP contribution in [0.1, 0.15) is 91.5 Å². The molecule has 4 nitrogen and oxygen atoms in total. The maximum absolute atomic E-state index is 10.3. The summed E-state index contributed by atoms with van der Waals surface area (Å²) in [4.78, 5) is 0. The molecule has 4 N–H and O–H groups in total. The number of rotatable bonds is 16. The van der Waals surface area contributed by atoms with Crippen molar-refractivity contribution < 1.29 is 14.9 Å². The molecule has 0 radical (unpaired) electrons. The van der Waals surface area contributed by atoms with Crippen LogP contribution < -0.4 is 10.5 Å². The van der Waals surface area contributed by atoms with Gasteiger partial charge in [-0.25, -0.2) is 0 Å². The zero-order chi connectivity index (χ0) is 22.6. The van der Waals surface area contributed by atoms with Crippen LogP contribution in [0.2, 0.25) is 0 Å². The first-order valence-electron chi connectivity index (χ1n) is 12.0. The molecule has 0 aliphatic heterocycles. The van der Waals surface area contributed by atoms with Crippen molar-refractivity contribution in [2.24, 2.45) is 23.5 Å². The van der Waals surface area contributed by atoms with Crippen LogP contribution in [0, 0.1) is 17.8 Å². The number of hydrogen-bond acceptors (Lipinski definition) is 4. The maximum atomic E-state index is 10.3. The molecule has 0 aliphatic rings. The zero-order valence-corrected chi connectivity index (χ0v) is 20.1. The molecule has 0 saturated heterocycles. The summed E-state index contributed by atoms with van der Waals surface area (Å²) in [5.41, 5.74) is 6.78. The first-order chi connectivity index (χ1) is 14.1. The molecule has 1 rings (SSSR count). The minimum atomic E-state index is -0.565. The second kappa shape index (κ2) is 13.9. The molecule has 1 unspecified atom stereocenters. The molecule has 0 heterocycles. The Morgan fingerprint density at radius 1 is 0.967 bits per heavy atom. The van der Waals surface area contributed by atoms with E-state index in [1.807, 2.05) is 12.1 Å². The number of aryl methyl sites for hydroxylation is 1. The van der Waals surface area contributed by atoms with Crippen molar-refractivity contribution in [3.05, 3.63) is 23.8 Å². The molecule has 0 fully saturated rings. The van der Waals surface area contributed by atoms with Crippen molar-refractivity contribution in [1.82, 2.24) is 0 Å². The number of benzene rings is 1. The summed E-state index contributed by atoms with van der Waals surface area (Å²) in [5, 5.41) is 20.0. The molecule has 1 aromatic rings. The van der Waals surface area contributed by atoms with Crippen LogP contribution in [-0.4, -0.2) is 29.0 Å². The molecule has 30 heavy (non-hydrogen) atoms. The highest BCUT2D eigenvalue weighted by Crippen LogP contribution is 2.29. The number of hydrogen-bond donors (Lipinski definition) is 3. The van der Waals surface area contributed by atoms with Crippen molar-refractivity contribution in [3.8, 4) is 11.5 Å². The fourth-order valence-corrected chi connectivity index (χ4v) is 4.09. The van der Waals surface area contributed by atoms with Gasteiger partial charge in [-0.2, -0.15) is 0 Å². The van der Waals surface area contributed by atoms with Crippen molar-refractivity contribution in [3.63, 3.8) is 0 Å². The number of nitrogens with two attached hydrogens (primary N) is 1. The Kier molecular flexibility index (Phi) is 12.4. The van der Waals surface area contributed by atoms with Crippen LogP contribution in [0.25, 0.3) is 0 Å². The number of ether oxygens (including phenoxy) is 1. The van der Waals surface area contributed by atoms with Crippen molar-refractivity contribution in [1.29, 1.82) is 0 Å². The van der Waals surface area contributed by atoms with Crippen LogP contribution >= 0.6 is 0 Å². The third-order valence-corrected chi connectivity index (χ3v) is 5.89. The number of phenols is 1. The normalized spacial score (nSPS) is 14.8. The average Bonchev–Trinajstić information content (AvgIpc) is 2.66. The Bertz CT molecular complexity index is 588. The number of aliphatic hydroxyl groups is 1. The highest BCUT2D eigenvalue weighted by Gasteiger charge is 2.25. The van der Waals surface area contributed by atoms with E-state index < -0.39 is 5.54 Å². The summed E-state index contributed by atoms with van der Waals surface area (Å²) in [7, 11) is 0.